The molecule has 1 aromatic rings. The zero-order valence-corrected chi connectivity index (χ0v) is 20.3. The highest BCUT2D eigenvalue weighted by Crippen LogP contribution is 2.29. The summed E-state index contributed by atoms with van der Waals surface area (Å²) in [5.74, 6) is 0. The lowest BCUT2D eigenvalue weighted by atomic mass is 9.82. The Morgan fingerprint density at radius 2 is 1.76 bits per heavy atom. The molecule has 0 aromatic heterocycles. The van der Waals surface area contributed by atoms with Gasteiger partial charge in [-0.15, -0.1) is 0 Å². The fourth-order valence-corrected chi connectivity index (χ4v) is 4.81. The van der Waals surface area contributed by atoms with Crippen molar-refractivity contribution in [1.29, 1.82) is 0 Å². The lowest BCUT2D eigenvalue weighted by Gasteiger charge is -2.29. The molecule has 0 saturated carbocycles. The van der Waals surface area contributed by atoms with Gasteiger partial charge in [0.25, 0.3) is 0 Å². The van der Waals surface area contributed by atoms with Crippen LogP contribution in [0.15, 0.2) is 53.8 Å². The van der Waals surface area contributed by atoms with Gasteiger partial charge in [-0.25, -0.2) is 0 Å². The van der Waals surface area contributed by atoms with E-state index in [1.54, 1.807) is 0 Å². The van der Waals surface area contributed by atoms with Gasteiger partial charge < -0.3 is 14.9 Å². The van der Waals surface area contributed by atoms with Crippen molar-refractivity contribution in [3.63, 3.8) is 0 Å². The van der Waals surface area contributed by atoms with Crippen LogP contribution in [-0.4, -0.2) is 37.1 Å². The Balaban J connectivity index is 2.63. The third kappa shape index (κ3) is 11.5. The van der Waals surface area contributed by atoms with Crippen LogP contribution in [0.3, 0.4) is 0 Å². The largest absolute Gasteiger partial charge is 0.393 e. The Morgan fingerprint density at radius 3 is 2.34 bits per heavy atom. The highest BCUT2D eigenvalue weighted by molar-refractivity contribution is 6.81. The van der Waals surface area contributed by atoms with E-state index in [1.807, 2.05) is 24.3 Å². The standard InChI is InChI=1S/C25H42O3Si/c1-7-12-23(26)17-22(20-29(4,5)6)18-24(27)25(2,3)15-11-16-28-19-21-13-9-8-10-14-21/h8-11,13-15,20,23-24,26-27H,7,12,16-19H2,1-6H3/b15-11+,22-20-. The van der Waals surface area contributed by atoms with E-state index in [9.17, 15) is 10.2 Å². The van der Waals surface area contributed by atoms with Gasteiger partial charge in [0.1, 0.15) is 0 Å². The van der Waals surface area contributed by atoms with Crippen molar-refractivity contribution in [3.05, 3.63) is 59.3 Å². The normalized spacial score (nSPS) is 15.7. The molecule has 0 radical (unpaired) electrons. The van der Waals surface area contributed by atoms with Crippen molar-refractivity contribution >= 4 is 8.07 Å². The molecule has 0 aliphatic carbocycles. The molecule has 0 spiro atoms. The second kappa shape index (κ2) is 12.5. The zero-order valence-electron chi connectivity index (χ0n) is 19.3. The first-order valence-corrected chi connectivity index (χ1v) is 14.5. The predicted molar refractivity (Wildman–Crippen MR) is 127 cm³/mol. The maximum absolute atomic E-state index is 10.9. The molecule has 2 atom stereocenters. The van der Waals surface area contributed by atoms with Crippen LogP contribution in [0.5, 0.6) is 0 Å². The van der Waals surface area contributed by atoms with Gasteiger partial charge in [0, 0.05) is 5.41 Å². The molecule has 0 aliphatic rings. The number of benzene rings is 1. The number of ether oxygens (including phenoxy) is 1. The van der Waals surface area contributed by atoms with E-state index < -0.39 is 14.2 Å². The highest BCUT2D eigenvalue weighted by Gasteiger charge is 2.27. The summed E-state index contributed by atoms with van der Waals surface area (Å²) in [6.45, 7) is 14.2. The van der Waals surface area contributed by atoms with Gasteiger partial charge in [0.05, 0.1) is 33.5 Å². The molecule has 0 heterocycles. The van der Waals surface area contributed by atoms with Crippen LogP contribution in [0.25, 0.3) is 0 Å². The molecule has 164 valence electrons. The monoisotopic (exact) mass is 418 g/mol. The molecule has 1 rings (SSSR count). The minimum atomic E-state index is -1.43. The lowest BCUT2D eigenvalue weighted by Crippen LogP contribution is -2.29. The van der Waals surface area contributed by atoms with Crippen LogP contribution >= 0.6 is 0 Å². The van der Waals surface area contributed by atoms with Crippen molar-refractivity contribution in [3.8, 4) is 0 Å². The maximum atomic E-state index is 10.9. The SMILES string of the molecule is CCCC(O)C/C(=C/[Si](C)(C)C)CC(O)C(C)(C)/C=C/COCc1ccccc1. The lowest BCUT2D eigenvalue weighted by molar-refractivity contribution is 0.0776. The Bertz CT molecular complexity index is 629. The first kappa shape index (κ1) is 25.8. The van der Waals surface area contributed by atoms with E-state index in [0.717, 1.165) is 18.4 Å². The van der Waals surface area contributed by atoms with Crippen LogP contribution in [0.4, 0.5) is 0 Å². The van der Waals surface area contributed by atoms with Crippen LogP contribution < -0.4 is 0 Å². The van der Waals surface area contributed by atoms with E-state index in [-0.39, 0.29) is 11.5 Å². The number of hydrogen-bond acceptors (Lipinski definition) is 3. The minimum Gasteiger partial charge on any atom is -0.393 e. The van der Waals surface area contributed by atoms with Crippen LogP contribution in [0.1, 0.15) is 52.0 Å². The minimum absolute atomic E-state index is 0.320. The molecule has 0 fully saturated rings. The molecule has 0 bridgehead atoms. The van der Waals surface area contributed by atoms with Crippen molar-refractivity contribution in [2.24, 2.45) is 5.41 Å². The van der Waals surface area contributed by atoms with E-state index in [2.05, 4.69) is 64.3 Å². The number of hydrogen-bond donors (Lipinski definition) is 2. The first-order chi connectivity index (χ1) is 13.5. The van der Waals surface area contributed by atoms with Crippen LogP contribution in [0.2, 0.25) is 19.6 Å². The molecular weight excluding hydrogens is 376 g/mol. The second-order valence-corrected chi connectivity index (χ2v) is 14.8. The average Bonchev–Trinajstić information content (AvgIpc) is 2.60. The summed E-state index contributed by atoms with van der Waals surface area (Å²) in [7, 11) is -1.43. The maximum Gasteiger partial charge on any atom is 0.0721 e. The van der Waals surface area contributed by atoms with Gasteiger partial charge in [-0.3, -0.25) is 0 Å². The van der Waals surface area contributed by atoms with Crippen molar-refractivity contribution in [2.75, 3.05) is 6.61 Å². The quantitative estimate of drug-likeness (QED) is 0.238. The number of aliphatic hydroxyl groups excluding tert-OH is 2. The molecule has 0 amide bonds. The zero-order chi connectivity index (χ0) is 21.9. The van der Waals surface area contributed by atoms with Crippen LogP contribution in [0, 0.1) is 5.41 Å². The Hall–Kier alpha value is -1.20. The molecule has 2 N–H and O–H groups in total. The summed E-state index contributed by atoms with van der Waals surface area (Å²) in [5.41, 5.74) is 4.34. The molecule has 4 heteroatoms. The summed E-state index contributed by atoms with van der Waals surface area (Å²) < 4.78 is 5.71. The average molecular weight is 419 g/mol. The molecule has 0 saturated heterocycles. The van der Waals surface area contributed by atoms with E-state index in [4.69, 9.17) is 4.74 Å². The molecule has 29 heavy (non-hydrogen) atoms. The second-order valence-electron chi connectivity index (χ2n) is 9.76. The summed E-state index contributed by atoms with van der Waals surface area (Å²) in [6, 6.07) is 10.1. The topological polar surface area (TPSA) is 49.7 Å². The van der Waals surface area contributed by atoms with Gasteiger partial charge in [-0.05, 0) is 24.8 Å². The fourth-order valence-electron chi connectivity index (χ4n) is 3.34. The highest BCUT2D eigenvalue weighted by atomic mass is 28.3. The predicted octanol–water partition coefficient (Wildman–Crippen LogP) is 5.89. The smallest absolute Gasteiger partial charge is 0.0721 e. The van der Waals surface area contributed by atoms with E-state index in [0.29, 0.717) is 26.1 Å². The van der Waals surface area contributed by atoms with Gasteiger partial charge in [0.2, 0.25) is 0 Å². The Labute approximate surface area is 179 Å². The van der Waals surface area contributed by atoms with E-state index >= 15 is 0 Å². The van der Waals surface area contributed by atoms with Crippen molar-refractivity contribution in [1.82, 2.24) is 0 Å². The summed E-state index contributed by atoms with van der Waals surface area (Å²) in [4.78, 5) is 0. The molecule has 2 unspecified atom stereocenters. The van der Waals surface area contributed by atoms with Gasteiger partial charge >= 0.3 is 0 Å². The molecular formula is C25H42O3Si. The molecule has 3 nitrogen and oxygen atoms in total. The van der Waals surface area contributed by atoms with Crippen molar-refractivity contribution < 1.29 is 14.9 Å². The first-order valence-electron chi connectivity index (χ1n) is 10.9. The molecule has 1 aromatic carbocycles. The third-order valence-electron chi connectivity index (χ3n) is 4.94. The van der Waals surface area contributed by atoms with Gasteiger partial charge in [-0.2, -0.15) is 0 Å². The summed E-state index contributed by atoms with van der Waals surface area (Å²) >= 11 is 0. The summed E-state index contributed by atoms with van der Waals surface area (Å²) in [5, 5.41) is 21.2. The van der Waals surface area contributed by atoms with E-state index in [1.165, 1.54) is 5.57 Å². The number of aliphatic hydroxyl groups is 2. The number of rotatable bonds is 13. The van der Waals surface area contributed by atoms with Gasteiger partial charge in [0.15, 0.2) is 0 Å². The molecule has 0 aliphatic heterocycles. The Morgan fingerprint density at radius 1 is 1.10 bits per heavy atom. The third-order valence-corrected chi connectivity index (χ3v) is 6.22. The van der Waals surface area contributed by atoms with Crippen LogP contribution in [-0.2, 0) is 11.3 Å². The van der Waals surface area contributed by atoms with Gasteiger partial charge in [-0.1, -0.05) is 101 Å². The van der Waals surface area contributed by atoms with Crippen molar-refractivity contribution in [2.45, 2.75) is 84.9 Å². The Kier molecular flexibility index (Phi) is 11.1. The summed E-state index contributed by atoms with van der Waals surface area (Å²) in [6.07, 6.45) is 6.28. The fraction of sp³-hybridized carbons (Fsp3) is 0.600.